The third-order valence-electron chi connectivity index (χ3n) is 4.07. The molecular formula is C20H25NO5. The van der Waals surface area contributed by atoms with Gasteiger partial charge in [-0.1, -0.05) is 18.2 Å². The van der Waals surface area contributed by atoms with Gasteiger partial charge in [-0.25, -0.2) is 0 Å². The molecule has 0 aliphatic carbocycles. The average molecular weight is 359 g/mol. The molecule has 6 heteroatoms. The molecule has 1 aliphatic heterocycles. The van der Waals surface area contributed by atoms with Crippen LogP contribution < -0.4 is 29.0 Å². The minimum atomic E-state index is -0.0722. The Morgan fingerprint density at radius 2 is 1.73 bits per heavy atom. The topological polar surface area (TPSA) is 58.2 Å². The minimum Gasteiger partial charge on any atom is -0.493 e. The molecule has 140 valence electrons. The molecule has 2 atom stereocenters. The van der Waals surface area contributed by atoms with Gasteiger partial charge in [0.2, 0.25) is 5.75 Å². The molecule has 0 aromatic heterocycles. The fourth-order valence-electron chi connectivity index (χ4n) is 2.79. The zero-order valence-corrected chi connectivity index (χ0v) is 15.4. The van der Waals surface area contributed by atoms with Gasteiger partial charge in [0.15, 0.2) is 23.0 Å². The number of rotatable bonds is 8. The maximum atomic E-state index is 6.02. The summed E-state index contributed by atoms with van der Waals surface area (Å²) in [7, 11) is 3.23. The highest BCUT2D eigenvalue weighted by molar-refractivity contribution is 5.51. The van der Waals surface area contributed by atoms with Crippen molar-refractivity contribution in [3.63, 3.8) is 0 Å². The van der Waals surface area contributed by atoms with Crippen LogP contribution in [0.25, 0.3) is 0 Å². The molecule has 3 rings (SSSR count). The van der Waals surface area contributed by atoms with E-state index in [1.165, 1.54) is 0 Å². The van der Waals surface area contributed by atoms with Crippen LogP contribution in [0.1, 0.15) is 6.92 Å². The summed E-state index contributed by atoms with van der Waals surface area (Å²) >= 11 is 0. The van der Waals surface area contributed by atoms with E-state index in [1.807, 2.05) is 49.4 Å². The van der Waals surface area contributed by atoms with Crippen molar-refractivity contribution in [1.29, 1.82) is 0 Å². The number of methoxy groups -OCH3 is 2. The van der Waals surface area contributed by atoms with Gasteiger partial charge in [-0.05, 0) is 31.2 Å². The monoisotopic (exact) mass is 359 g/mol. The maximum Gasteiger partial charge on any atom is 0.203 e. The van der Waals surface area contributed by atoms with Crippen molar-refractivity contribution in [3.05, 3.63) is 42.5 Å². The van der Waals surface area contributed by atoms with Crippen LogP contribution in [0, 0.1) is 0 Å². The van der Waals surface area contributed by atoms with Crippen LogP contribution in [0.15, 0.2) is 42.5 Å². The van der Waals surface area contributed by atoms with Crippen LogP contribution in [-0.2, 0) is 0 Å². The lowest BCUT2D eigenvalue weighted by atomic mass is 10.2. The molecule has 6 nitrogen and oxygen atoms in total. The molecule has 1 heterocycles. The lowest BCUT2D eigenvalue weighted by molar-refractivity contribution is 0.0876. The number of hydrogen-bond acceptors (Lipinski definition) is 6. The smallest absolute Gasteiger partial charge is 0.203 e. The molecule has 0 saturated heterocycles. The first-order valence-corrected chi connectivity index (χ1v) is 8.68. The Kier molecular flexibility index (Phi) is 6.07. The minimum absolute atomic E-state index is 0.0297. The highest BCUT2D eigenvalue weighted by Gasteiger charge is 2.21. The fraction of sp³-hybridized carbons (Fsp3) is 0.400. The van der Waals surface area contributed by atoms with E-state index in [9.17, 15) is 0 Å². The van der Waals surface area contributed by atoms with Gasteiger partial charge in [0.25, 0.3) is 0 Å². The lowest BCUT2D eigenvalue weighted by Crippen LogP contribution is -2.41. The molecule has 1 aliphatic rings. The van der Waals surface area contributed by atoms with Crippen molar-refractivity contribution in [2.24, 2.45) is 0 Å². The molecule has 2 aromatic carbocycles. The number of nitrogens with one attached hydrogen (secondary N) is 1. The van der Waals surface area contributed by atoms with Gasteiger partial charge >= 0.3 is 0 Å². The van der Waals surface area contributed by atoms with Crippen LogP contribution in [0.4, 0.5) is 0 Å². The lowest BCUT2D eigenvalue weighted by Gasteiger charge is -2.27. The summed E-state index contributed by atoms with van der Waals surface area (Å²) in [5, 5.41) is 3.37. The Labute approximate surface area is 154 Å². The van der Waals surface area contributed by atoms with Crippen LogP contribution in [0.5, 0.6) is 28.7 Å². The second-order valence-corrected chi connectivity index (χ2v) is 6.08. The van der Waals surface area contributed by atoms with Crippen LogP contribution >= 0.6 is 0 Å². The molecule has 0 fully saturated rings. The number of para-hydroxylation sites is 3. The number of benzene rings is 2. The molecule has 26 heavy (non-hydrogen) atoms. The van der Waals surface area contributed by atoms with Gasteiger partial charge in [-0.3, -0.25) is 0 Å². The zero-order valence-electron chi connectivity index (χ0n) is 15.4. The predicted molar refractivity (Wildman–Crippen MR) is 98.9 cm³/mol. The van der Waals surface area contributed by atoms with Crippen molar-refractivity contribution in [2.45, 2.75) is 19.1 Å². The van der Waals surface area contributed by atoms with E-state index >= 15 is 0 Å². The van der Waals surface area contributed by atoms with Crippen LogP contribution in [0.2, 0.25) is 0 Å². The van der Waals surface area contributed by atoms with Gasteiger partial charge in [-0.15, -0.1) is 0 Å². The zero-order chi connectivity index (χ0) is 18.4. The van der Waals surface area contributed by atoms with Gasteiger partial charge in [0.05, 0.1) is 14.2 Å². The van der Waals surface area contributed by atoms with E-state index in [0.717, 1.165) is 11.5 Å². The summed E-state index contributed by atoms with van der Waals surface area (Å²) < 4.78 is 28.4. The molecular weight excluding hydrogens is 334 g/mol. The van der Waals surface area contributed by atoms with Gasteiger partial charge in [0.1, 0.15) is 18.8 Å². The Morgan fingerprint density at radius 3 is 2.42 bits per heavy atom. The summed E-state index contributed by atoms with van der Waals surface area (Å²) in [6.07, 6.45) is -0.102. The first-order valence-electron chi connectivity index (χ1n) is 8.68. The summed E-state index contributed by atoms with van der Waals surface area (Å²) in [5.41, 5.74) is 0. The first kappa shape index (κ1) is 18.2. The van der Waals surface area contributed by atoms with Crippen molar-refractivity contribution < 1.29 is 23.7 Å². The van der Waals surface area contributed by atoms with Crippen molar-refractivity contribution in [1.82, 2.24) is 5.32 Å². The largest absolute Gasteiger partial charge is 0.493 e. The molecule has 0 radical (unpaired) electrons. The summed E-state index contributed by atoms with van der Waals surface area (Å²) in [6.45, 7) is 3.85. The van der Waals surface area contributed by atoms with Gasteiger partial charge < -0.3 is 29.0 Å². The Hall–Kier alpha value is -2.60. The molecule has 0 bridgehead atoms. The van der Waals surface area contributed by atoms with Gasteiger partial charge in [0, 0.05) is 13.1 Å². The SMILES string of the molecule is COc1cccc(OC)c1O[C@@H](C)CNC[C@@H]1COc2ccccc2O1. The van der Waals surface area contributed by atoms with Crippen molar-refractivity contribution in [2.75, 3.05) is 33.9 Å². The highest BCUT2D eigenvalue weighted by atomic mass is 16.6. The standard InChI is InChI=1S/C20H25NO5/c1-14(25-20-18(22-2)9-6-10-19(20)23-3)11-21-12-15-13-24-16-7-4-5-8-17(16)26-15/h4-10,14-15,21H,11-13H2,1-3H3/t14-,15+/m0/s1. The molecule has 0 saturated carbocycles. The molecule has 0 spiro atoms. The van der Waals surface area contributed by atoms with E-state index in [2.05, 4.69) is 5.32 Å². The Balaban J connectivity index is 1.49. The van der Waals surface area contributed by atoms with E-state index in [1.54, 1.807) is 14.2 Å². The van der Waals surface area contributed by atoms with E-state index < -0.39 is 0 Å². The second-order valence-electron chi connectivity index (χ2n) is 6.08. The Morgan fingerprint density at radius 1 is 1.04 bits per heavy atom. The first-order chi connectivity index (χ1) is 12.7. The van der Waals surface area contributed by atoms with E-state index in [4.69, 9.17) is 23.7 Å². The highest BCUT2D eigenvalue weighted by Crippen LogP contribution is 2.37. The number of fused-ring (bicyclic) bond motifs is 1. The third kappa shape index (κ3) is 4.32. The molecule has 0 unspecified atom stereocenters. The second kappa shape index (κ2) is 8.67. The van der Waals surface area contributed by atoms with Crippen LogP contribution in [0.3, 0.4) is 0 Å². The molecule has 1 N–H and O–H groups in total. The van der Waals surface area contributed by atoms with E-state index in [-0.39, 0.29) is 12.2 Å². The predicted octanol–water partition coefficient (Wildman–Crippen LogP) is 2.90. The molecule has 0 amide bonds. The van der Waals surface area contributed by atoms with Gasteiger partial charge in [-0.2, -0.15) is 0 Å². The Bertz CT molecular complexity index is 699. The van der Waals surface area contributed by atoms with Crippen LogP contribution in [-0.4, -0.2) is 46.1 Å². The summed E-state index contributed by atoms with van der Waals surface area (Å²) in [4.78, 5) is 0. The number of ether oxygens (including phenoxy) is 5. The summed E-state index contributed by atoms with van der Waals surface area (Å²) in [6, 6.07) is 13.3. The van der Waals surface area contributed by atoms with Crippen molar-refractivity contribution >= 4 is 0 Å². The third-order valence-corrected chi connectivity index (χ3v) is 4.07. The van der Waals surface area contributed by atoms with E-state index in [0.29, 0.717) is 36.9 Å². The fourth-order valence-corrected chi connectivity index (χ4v) is 2.79. The average Bonchev–Trinajstić information content (AvgIpc) is 2.68. The normalized spacial score (nSPS) is 16.7. The summed E-state index contributed by atoms with van der Waals surface area (Å²) in [5.74, 6) is 3.49. The van der Waals surface area contributed by atoms with Crippen molar-refractivity contribution in [3.8, 4) is 28.7 Å². The quantitative estimate of drug-likeness (QED) is 0.782. The molecule has 2 aromatic rings. The number of hydrogen-bond donors (Lipinski definition) is 1. The maximum absolute atomic E-state index is 6.02.